The summed E-state index contributed by atoms with van der Waals surface area (Å²) in [6.07, 6.45) is 1.22. The zero-order chi connectivity index (χ0) is 20.7. The van der Waals surface area contributed by atoms with E-state index in [1.54, 1.807) is 25.1 Å². The molecule has 7 nitrogen and oxygen atoms in total. The molecule has 0 aliphatic heterocycles. The summed E-state index contributed by atoms with van der Waals surface area (Å²) in [7, 11) is 2.70. The van der Waals surface area contributed by atoms with Gasteiger partial charge in [0.25, 0.3) is 0 Å². The van der Waals surface area contributed by atoms with Gasteiger partial charge in [-0.05, 0) is 56.9 Å². The van der Waals surface area contributed by atoms with Crippen molar-refractivity contribution in [3.05, 3.63) is 52.1 Å². The average Bonchev–Trinajstić information content (AvgIpc) is 2.68. The first-order chi connectivity index (χ1) is 13.4. The molecule has 0 saturated heterocycles. The Balaban J connectivity index is 2.26. The zero-order valence-electron chi connectivity index (χ0n) is 16.9. The van der Waals surface area contributed by atoms with E-state index in [9.17, 15) is 9.90 Å². The number of esters is 1. The van der Waals surface area contributed by atoms with Crippen LogP contribution < -0.4 is 0 Å². The van der Waals surface area contributed by atoms with Gasteiger partial charge in [0.15, 0.2) is 5.71 Å². The predicted molar refractivity (Wildman–Crippen MR) is 107 cm³/mol. The maximum absolute atomic E-state index is 12.2. The highest BCUT2D eigenvalue weighted by Crippen LogP contribution is 2.31. The number of phenolic OH excluding ortho intramolecular Hbond substituents is 1. The summed E-state index contributed by atoms with van der Waals surface area (Å²) in [4.78, 5) is 22.6. The van der Waals surface area contributed by atoms with Crippen molar-refractivity contribution in [3.63, 3.8) is 0 Å². The maximum atomic E-state index is 12.2. The summed E-state index contributed by atoms with van der Waals surface area (Å²) < 4.78 is 4.85. The lowest BCUT2D eigenvalue weighted by Gasteiger charge is -2.22. The fraction of sp³-hybridized carbons (Fsp3) is 0.381. The third-order valence-electron chi connectivity index (χ3n) is 4.63. The van der Waals surface area contributed by atoms with Crippen molar-refractivity contribution in [1.29, 1.82) is 0 Å². The minimum absolute atomic E-state index is 0.143. The molecule has 2 rings (SSSR count). The molecule has 1 aromatic carbocycles. The average molecular weight is 386 g/mol. The molecule has 150 valence electrons. The third kappa shape index (κ3) is 5.22. The van der Waals surface area contributed by atoms with Gasteiger partial charge in [0.2, 0.25) is 0 Å². The highest BCUT2D eigenvalue weighted by atomic mass is 16.6. The summed E-state index contributed by atoms with van der Waals surface area (Å²) in [6, 6.07) is 6.79. The minimum Gasteiger partial charge on any atom is -0.508 e. The number of allylic oxidation sites excluding steroid dienone is 2. The highest BCUT2D eigenvalue weighted by molar-refractivity contribution is 6.43. The topological polar surface area (TPSA) is 89.7 Å². The number of hydrogen-bond acceptors (Lipinski definition) is 7. The smallest absolute Gasteiger partial charge is 0.360 e. The van der Waals surface area contributed by atoms with Gasteiger partial charge in [-0.2, -0.15) is 0 Å². The Morgan fingerprint density at radius 1 is 1.14 bits per heavy atom. The molecule has 1 aliphatic carbocycles. The van der Waals surface area contributed by atoms with Gasteiger partial charge in [0, 0.05) is 5.56 Å². The van der Waals surface area contributed by atoms with Gasteiger partial charge < -0.3 is 19.5 Å². The van der Waals surface area contributed by atoms with Gasteiger partial charge in [-0.1, -0.05) is 33.6 Å². The van der Waals surface area contributed by atoms with Crippen LogP contribution in [0.4, 0.5) is 0 Å². The van der Waals surface area contributed by atoms with Crippen LogP contribution in [0.1, 0.15) is 39.2 Å². The number of rotatable bonds is 7. The van der Waals surface area contributed by atoms with E-state index in [1.807, 2.05) is 13.0 Å². The van der Waals surface area contributed by atoms with E-state index >= 15 is 0 Å². The summed E-state index contributed by atoms with van der Waals surface area (Å²) in [5, 5.41) is 17.6. The zero-order valence-corrected chi connectivity index (χ0v) is 16.9. The number of carbonyl (C=O) groups is 1. The van der Waals surface area contributed by atoms with Crippen LogP contribution >= 0.6 is 0 Å². The van der Waals surface area contributed by atoms with E-state index in [4.69, 9.17) is 14.4 Å². The number of phenols is 1. The fourth-order valence-corrected chi connectivity index (χ4v) is 2.90. The summed E-state index contributed by atoms with van der Waals surface area (Å²) in [5.41, 5.74) is 5.57. The minimum atomic E-state index is -0.554. The molecule has 0 unspecified atom stereocenters. The Labute approximate surface area is 165 Å². The molecule has 0 atom stereocenters. The van der Waals surface area contributed by atoms with Crippen LogP contribution in [0.3, 0.4) is 0 Å². The van der Waals surface area contributed by atoms with Gasteiger partial charge in [-0.3, -0.25) is 0 Å². The molecule has 0 spiro atoms. The second kappa shape index (κ2) is 9.73. The number of benzene rings is 1. The fourth-order valence-electron chi connectivity index (χ4n) is 2.90. The van der Waals surface area contributed by atoms with Gasteiger partial charge >= 0.3 is 5.97 Å². The lowest BCUT2D eigenvalue weighted by Crippen LogP contribution is -2.23. The van der Waals surface area contributed by atoms with Gasteiger partial charge in [-0.15, -0.1) is 0 Å². The van der Waals surface area contributed by atoms with Crippen molar-refractivity contribution in [3.8, 4) is 5.75 Å². The molecule has 0 saturated carbocycles. The summed E-state index contributed by atoms with van der Waals surface area (Å²) >= 11 is 0. The Hall–Kier alpha value is -3.09. The quantitative estimate of drug-likeness (QED) is 0.334. The Kier molecular flexibility index (Phi) is 7.37. The number of aromatic hydroxyl groups is 1. The van der Waals surface area contributed by atoms with E-state index in [1.165, 1.54) is 25.4 Å². The first kappa shape index (κ1) is 21.2. The predicted octanol–water partition coefficient (Wildman–Crippen LogP) is 3.74. The number of oxime groups is 2. The molecule has 0 radical (unpaired) electrons. The maximum Gasteiger partial charge on any atom is 0.360 e. The van der Waals surface area contributed by atoms with Gasteiger partial charge in [0.05, 0.1) is 12.8 Å². The molecule has 1 aliphatic rings. The molecular formula is C21H26N2O5. The molecule has 0 bridgehead atoms. The SMILES string of the molecule is CO/N=C(/C(=O)OC)C1=C(CO/N=C(\C)c2cccc(O)c2)CC(C)=C(C)C1. The van der Waals surface area contributed by atoms with Crippen LogP contribution in [0.15, 0.2) is 56.9 Å². The van der Waals surface area contributed by atoms with Crippen LogP contribution in [0.5, 0.6) is 5.75 Å². The number of hydrogen-bond donors (Lipinski definition) is 1. The van der Waals surface area contributed by atoms with E-state index in [0.717, 1.165) is 16.7 Å². The van der Waals surface area contributed by atoms with Crippen LogP contribution in [0.25, 0.3) is 0 Å². The Morgan fingerprint density at radius 2 is 1.86 bits per heavy atom. The second-order valence-corrected chi connectivity index (χ2v) is 6.61. The molecule has 0 aromatic heterocycles. The van der Waals surface area contributed by atoms with Crippen molar-refractivity contribution < 1.29 is 24.3 Å². The molecule has 28 heavy (non-hydrogen) atoms. The van der Waals surface area contributed by atoms with Crippen LogP contribution in [-0.2, 0) is 19.2 Å². The van der Waals surface area contributed by atoms with Crippen LogP contribution in [-0.4, -0.2) is 43.3 Å². The molecule has 1 aromatic rings. The van der Waals surface area contributed by atoms with E-state index < -0.39 is 5.97 Å². The van der Waals surface area contributed by atoms with Crippen molar-refractivity contribution in [2.45, 2.75) is 33.6 Å². The van der Waals surface area contributed by atoms with E-state index in [-0.39, 0.29) is 18.1 Å². The lowest BCUT2D eigenvalue weighted by atomic mass is 9.85. The largest absolute Gasteiger partial charge is 0.508 e. The van der Waals surface area contributed by atoms with Crippen LogP contribution in [0, 0.1) is 0 Å². The first-order valence-corrected chi connectivity index (χ1v) is 8.89. The molecule has 0 fully saturated rings. The third-order valence-corrected chi connectivity index (χ3v) is 4.63. The summed E-state index contributed by atoms with van der Waals surface area (Å²) in [6.45, 7) is 6.08. The number of ether oxygens (including phenoxy) is 1. The van der Waals surface area contributed by atoms with E-state index in [0.29, 0.717) is 18.6 Å². The van der Waals surface area contributed by atoms with E-state index in [2.05, 4.69) is 17.2 Å². The second-order valence-electron chi connectivity index (χ2n) is 6.61. The number of nitrogens with zero attached hydrogens (tertiary/aromatic N) is 2. The van der Waals surface area contributed by atoms with Crippen molar-refractivity contribution >= 4 is 17.4 Å². The normalized spacial score (nSPS) is 15.6. The monoisotopic (exact) mass is 386 g/mol. The van der Waals surface area contributed by atoms with Crippen molar-refractivity contribution in [2.24, 2.45) is 10.3 Å². The highest BCUT2D eigenvalue weighted by Gasteiger charge is 2.26. The van der Waals surface area contributed by atoms with Crippen molar-refractivity contribution in [1.82, 2.24) is 0 Å². The standard InChI is InChI=1S/C21H26N2O5/c1-13-9-17(12-28-22-15(3)16-7-6-8-18(24)11-16)19(10-14(13)2)20(23-27-5)21(25)26-4/h6-8,11,24H,9-10,12H2,1-5H3/b22-15+,23-20+. The van der Waals surface area contributed by atoms with Gasteiger partial charge in [0.1, 0.15) is 19.5 Å². The molecule has 0 heterocycles. The molecule has 7 heteroatoms. The first-order valence-electron chi connectivity index (χ1n) is 8.89. The number of carbonyl (C=O) groups excluding carboxylic acids is 1. The van der Waals surface area contributed by atoms with Crippen LogP contribution in [0.2, 0.25) is 0 Å². The summed E-state index contributed by atoms with van der Waals surface area (Å²) in [5.74, 6) is -0.389. The van der Waals surface area contributed by atoms with Crippen molar-refractivity contribution in [2.75, 3.05) is 20.8 Å². The molecule has 0 amide bonds. The van der Waals surface area contributed by atoms with Gasteiger partial charge in [-0.25, -0.2) is 4.79 Å². The molecule has 1 N–H and O–H groups in total. The number of methoxy groups -OCH3 is 1. The Morgan fingerprint density at radius 3 is 2.50 bits per heavy atom. The lowest BCUT2D eigenvalue weighted by molar-refractivity contribution is -0.132. The molecular weight excluding hydrogens is 360 g/mol. The Bertz CT molecular complexity index is 865.